The Kier molecular flexibility index (Phi) is 6.02. The number of hydrogen-bond donors (Lipinski definition) is 0. The van der Waals surface area contributed by atoms with Crippen LogP contribution in [0, 0.1) is 11.2 Å². The molecule has 0 N–H and O–H groups in total. The quantitative estimate of drug-likeness (QED) is 0.270. The van der Waals surface area contributed by atoms with Gasteiger partial charge >= 0.3 is 36.0 Å². The Morgan fingerprint density at radius 1 is 0.824 bits per heavy atom. The fourth-order valence-corrected chi connectivity index (χ4v) is 3.32. The van der Waals surface area contributed by atoms with Crippen LogP contribution in [0.3, 0.4) is 0 Å². The van der Waals surface area contributed by atoms with Crippen molar-refractivity contribution in [3.8, 4) is 0 Å². The van der Waals surface area contributed by atoms with E-state index in [2.05, 4.69) is 0 Å². The number of carbonyl (C=O) groups excluding carboxylic acids is 1. The molecular formula is C16H3ClF15O2-. The second-order valence-corrected chi connectivity index (χ2v) is 7.14. The van der Waals surface area contributed by atoms with E-state index in [4.69, 9.17) is 11.6 Å². The van der Waals surface area contributed by atoms with Crippen molar-refractivity contribution in [3.05, 3.63) is 40.2 Å². The smallest absolute Gasteiger partial charge is 0.417 e. The molecule has 0 spiro atoms. The van der Waals surface area contributed by atoms with E-state index < -0.39 is 87.1 Å². The number of alkyl halides is 14. The number of benzene rings is 1. The van der Waals surface area contributed by atoms with Crippen LogP contribution < -0.4 is 5.11 Å². The third-order valence-corrected chi connectivity index (χ3v) is 5.10. The molecule has 0 amide bonds. The van der Waals surface area contributed by atoms with Crippen LogP contribution in [-0.4, -0.2) is 35.6 Å². The molecule has 2 rings (SSSR count). The zero-order chi connectivity index (χ0) is 27.1. The summed E-state index contributed by atoms with van der Waals surface area (Å²) in [5.74, 6) is -39.2. The molecule has 1 aliphatic carbocycles. The zero-order valence-electron chi connectivity index (χ0n) is 15.1. The van der Waals surface area contributed by atoms with Gasteiger partial charge < -0.3 is 5.11 Å². The Labute approximate surface area is 181 Å². The van der Waals surface area contributed by atoms with E-state index in [1.165, 1.54) is 0 Å². The van der Waals surface area contributed by atoms with Crippen LogP contribution in [-0.2, 0) is 11.0 Å². The summed E-state index contributed by atoms with van der Waals surface area (Å²) in [4.78, 5) is 11.9. The van der Waals surface area contributed by atoms with Gasteiger partial charge in [0.05, 0.1) is 10.6 Å². The first kappa shape index (κ1) is 27.9. The molecular weight excluding hydrogens is 545 g/mol. The SMILES string of the molecule is O=C(/C=C(\[O-])c1cc(F)c(Cl)cc1C(F)(F)F)C1(C(F)(F)F)C(F)(F)C(F)(F)C(F)(F)C1(F)F. The van der Waals surface area contributed by atoms with Gasteiger partial charge in [0.25, 0.3) is 5.41 Å². The third-order valence-electron chi connectivity index (χ3n) is 4.81. The molecule has 0 radical (unpaired) electrons. The van der Waals surface area contributed by atoms with Gasteiger partial charge in [0.2, 0.25) is 0 Å². The molecule has 34 heavy (non-hydrogen) atoms. The number of halogens is 16. The number of allylic oxidation sites excluding steroid dienone is 1. The predicted molar refractivity (Wildman–Crippen MR) is 77.7 cm³/mol. The molecule has 2 nitrogen and oxygen atoms in total. The summed E-state index contributed by atoms with van der Waals surface area (Å²) >= 11 is 5.05. The van der Waals surface area contributed by atoms with E-state index >= 15 is 0 Å². The van der Waals surface area contributed by atoms with Crippen molar-refractivity contribution >= 4 is 23.1 Å². The maximum absolute atomic E-state index is 14.0. The Hall–Kier alpha value is -2.33. The molecule has 18 heteroatoms. The van der Waals surface area contributed by atoms with Crippen molar-refractivity contribution in [3.63, 3.8) is 0 Å². The topological polar surface area (TPSA) is 40.1 Å². The molecule has 192 valence electrons. The van der Waals surface area contributed by atoms with Crippen LogP contribution >= 0.6 is 11.6 Å². The highest BCUT2D eigenvalue weighted by atomic mass is 35.5. The normalized spacial score (nSPS) is 23.1. The van der Waals surface area contributed by atoms with Crippen LogP contribution in [0.15, 0.2) is 18.2 Å². The first-order valence-electron chi connectivity index (χ1n) is 7.91. The first-order valence-corrected chi connectivity index (χ1v) is 8.29. The van der Waals surface area contributed by atoms with E-state index in [1.807, 2.05) is 0 Å². The van der Waals surface area contributed by atoms with Crippen LogP contribution in [0.25, 0.3) is 5.76 Å². The molecule has 1 fully saturated rings. The molecule has 0 atom stereocenters. The van der Waals surface area contributed by atoms with Gasteiger partial charge in [-0.25, -0.2) is 4.39 Å². The average Bonchev–Trinajstić information content (AvgIpc) is 2.66. The highest BCUT2D eigenvalue weighted by Gasteiger charge is 3.06. The Balaban J connectivity index is 2.92. The van der Waals surface area contributed by atoms with Gasteiger partial charge in [0.15, 0.2) is 5.78 Å². The molecule has 0 bridgehead atoms. The second kappa shape index (κ2) is 7.34. The van der Waals surface area contributed by atoms with Crippen molar-refractivity contribution in [1.29, 1.82) is 0 Å². The zero-order valence-corrected chi connectivity index (χ0v) is 15.9. The lowest BCUT2D eigenvalue weighted by molar-refractivity contribution is -0.341. The summed E-state index contributed by atoms with van der Waals surface area (Å²) in [7, 11) is 0. The molecule has 1 aromatic carbocycles. The Bertz CT molecular complexity index is 1030. The van der Waals surface area contributed by atoms with E-state index in [9.17, 15) is 75.8 Å². The van der Waals surface area contributed by atoms with Gasteiger partial charge in [-0.05, 0) is 23.8 Å². The summed E-state index contributed by atoms with van der Waals surface area (Å²) in [5.41, 5.74) is -11.8. The number of ketones is 1. The first-order chi connectivity index (χ1) is 14.8. The van der Waals surface area contributed by atoms with Gasteiger partial charge in [-0.1, -0.05) is 17.4 Å². The van der Waals surface area contributed by atoms with E-state index in [0.717, 1.165) is 0 Å². The molecule has 1 saturated carbocycles. The molecule has 1 aliphatic rings. The highest BCUT2D eigenvalue weighted by molar-refractivity contribution is 6.30. The van der Waals surface area contributed by atoms with Crippen molar-refractivity contribution in [1.82, 2.24) is 0 Å². The summed E-state index contributed by atoms with van der Waals surface area (Å²) in [6.45, 7) is 0. The Morgan fingerprint density at radius 2 is 1.24 bits per heavy atom. The fraction of sp³-hybridized carbons (Fsp3) is 0.438. The van der Waals surface area contributed by atoms with Crippen molar-refractivity contribution in [2.24, 2.45) is 5.41 Å². The highest BCUT2D eigenvalue weighted by Crippen LogP contribution is 2.75. The third kappa shape index (κ3) is 3.17. The molecule has 0 saturated heterocycles. The van der Waals surface area contributed by atoms with Crippen LogP contribution in [0.4, 0.5) is 65.9 Å². The van der Waals surface area contributed by atoms with Gasteiger partial charge in [0.1, 0.15) is 5.82 Å². The monoisotopic (exact) mass is 547 g/mol. The lowest BCUT2D eigenvalue weighted by atomic mass is 9.74. The van der Waals surface area contributed by atoms with Crippen molar-refractivity contribution in [2.45, 2.75) is 36.0 Å². The maximum atomic E-state index is 14.0. The maximum Gasteiger partial charge on any atom is 0.417 e. The Morgan fingerprint density at radius 3 is 1.59 bits per heavy atom. The summed E-state index contributed by atoms with van der Waals surface area (Å²) < 4.78 is 202. The van der Waals surface area contributed by atoms with Crippen molar-refractivity contribution in [2.75, 3.05) is 0 Å². The summed E-state index contributed by atoms with van der Waals surface area (Å²) in [6.07, 6.45) is -14.9. The number of hydrogen-bond acceptors (Lipinski definition) is 2. The van der Waals surface area contributed by atoms with Gasteiger partial charge in [-0.15, -0.1) is 0 Å². The van der Waals surface area contributed by atoms with Crippen LogP contribution in [0.2, 0.25) is 5.02 Å². The van der Waals surface area contributed by atoms with Crippen molar-refractivity contribution < 1.29 is 75.8 Å². The molecule has 0 unspecified atom stereocenters. The molecule has 0 aliphatic heterocycles. The number of carbonyl (C=O) groups is 1. The largest absolute Gasteiger partial charge is 0.872 e. The average molecular weight is 548 g/mol. The summed E-state index contributed by atoms with van der Waals surface area (Å²) in [5, 5.41) is 10.6. The van der Waals surface area contributed by atoms with E-state index in [-0.39, 0.29) is 6.07 Å². The molecule has 0 heterocycles. The molecule has 0 aromatic heterocycles. The lowest BCUT2D eigenvalue weighted by Crippen LogP contribution is -2.64. The van der Waals surface area contributed by atoms with E-state index in [1.54, 1.807) is 0 Å². The van der Waals surface area contributed by atoms with Crippen LogP contribution in [0.1, 0.15) is 11.1 Å². The second-order valence-electron chi connectivity index (χ2n) is 6.73. The van der Waals surface area contributed by atoms with Gasteiger partial charge in [-0.3, -0.25) is 4.79 Å². The standard InChI is InChI=1S/C16H4ClF15O2/c17-6-2-5(11(19,20)21)4(1-7(6)18)8(33)3-9(34)10(16(30,31)32)12(22,23)14(26,27)15(28,29)13(10,24)25/h1-3,33H/p-1/b8-3-. The summed E-state index contributed by atoms with van der Waals surface area (Å²) in [6, 6.07) is -0.866. The van der Waals surface area contributed by atoms with E-state index in [0.29, 0.717) is 0 Å². The number of rotatable bonds is 3. The minimum atomic E-state index is -7.63. The van der Waals surface area contributed by atoms with Crippen LogP contribution in [0.5, 0.6) is 0 Å². The minimum absolute atomic E-state index is 0.372. The predicted octanol–water partition coefficient (Wildman–Crippen LogP) is 5.87. The lowest BCUT2D eigenvalue weighted by Gasteiger charge is -2.37. The molecule has 1 aromatic rings. The minimum Gasteiger partial charge on any atom is -0.872 e. The van der Waals surface area contributed by atoms with Gasteiger partial charge in [-0.2, -0.15) is 61.5 Å². The van der Waals surface area contributed by atoms with Gasteiger partial charge in [0, 0.05) is 0 Å². The fourth-order valence-electron chi connectivity index (χ4n) is 3.16.